The zero-order valence-electron chi connectivity index (χ0n) is 13.8. The summed E-state index contributed by atoms with van der Waals surface area (Å²) in [6.45, 7) is 0. The van der Waals surface area contributed by atoms with Gasteiger partial charge in [0.1, 0.15) is 5.75 Å². The molecule has 1 aromatic heterocycles. The molecule has 0 saturated carbocycles. The Morgan fingerprint density at radius 1 is 1.15 bits per heavy atom. The van der Waals surface area contributed by atoms with Crippen molar-refractivity contribution in [3.05, 3.63) is 69.5 Å². The first-order valence-electron chi connectivity index (χ1n) is 7.60. The van der Waals surface area contributed by atoms with Gasteiger partial charge >= 0.3 is 5.56 Å². The summed E-state index contributed by atoms with van der Waals surface area (Å²) in [7, 11) is 1.58. The van der Waals surface area contributed by atoms with Crippen LogP contribution in [0, 0.1) is 0 Å². The average Bonchev–Trinajstić information content (AvgIpc) is 2.67. The molecule has 0 aliphatic rings. The molecule has 3 N–H and O–H groups in total. The Morgan fingerprint density at radius 2 is 1.85 bits per heavy atom. The highest BCUT2D eigenvalue weighted by Crippen LogP contribution is 2.21. The van der Waals surface area contributed by atoms with E-state index in [9.17, 15) is 4.79 Å². The van der Waals surface area contributed by atoms with Crippen molar-refractivity contribution in [2.45, 2.75) is 10.9 Å². The van der Waals surface area contributed by atoms with Crippen LogP contribution in [-0.2, 0) is 5.75 Å². The molecule has 7 nitrogen and oxygen atoms in total. The molecule has 0 aliphatic heterocycles. The molecule has 0 unspecified atom stereocenters. The van der Waals surface area contributed by atoms with Gasteiger partial charge < -0.3 is 15.9 Å². The number of nitrogens with two attached hydrogens (primary N) is 1. The maximum absolute atomic E-state index is 12.4. The molecule has 134 valence electrons. The highest BCUT2D eigenvalue weighted by molar-refractivity contribution is 7.98. The van der Waals surface area contributed by atoms with Crippen LogP contribution >= 0.6 is 23.4 Å². The third kappa shape index (κ3) is 4.27. The fourth-order valence-electron chi connectivity index (χ4n) is 2.10. The number of nitrogen functional groups attached to an aromatic ring is 1. The lowest BCUT2D eigenvalue weighted by Gasteiger charge is -2.09. The molecule has 2 aromatic carbocycles. The summed E-state index contributed by atoms with van der Waals surface area (Å²) in [6.07, 6.45) is 0. The maximum Gasteiger partial charge on any atom is 0.315 e. The van der Waals surface area contributed by atoms with Crippen LogP contribution in [0.15, 0.2) is 58.5 Å². The largest absolute Gasteiger partial charge is 0.497 e. The lowest BCUT2D eigenvalue weighted by atomic mass is 10.2. The van der Waals surface area contributed by atoms with Gasteiger partial charge in [0.15, 0.2) is 0 Å². The Hall–Kier alpha value is -2.71. The summed E-state index contributed by atoms with van der Waals surface area (Å²) < 4.78 is 6.08. The molecule has 0 bridgehead atoms. The number of thioether (sulfide) groups is 1. The molecular weight excluding hydrogens is 374 g/mol. The van der Waals surface area contributed by atoms with Gasteiger partial charge in [0.05, 0.1) is 7.11 Å². The molecule has 1 heterocycles. The number of halogens is 1. The van der Waals surface area contributed by atoms with Crippen LogP contribution in [0.1, 0.15) is 5.56 Å². The van der Waals surface area contributed by atoms with Crippen LogP contribution < -0.4 is 21.5 Å². The molecule has 0 radical (unpaired) electrons. The number of hydrogen-bond acceptors (Lipinski definition) is 7. The third-order valence-corrected chi connectivity index (χ3v) is 4.76. The quantitative estimate of drug-likeness (QED) is 0.494. The van der Waals surface area contributed by atoms with Crippen molar-refractivity contribution in [3.8, 4) is 5.75 Å². The Labute approximate surface area is 159 Å². The van der Waals surface area contributed by atoms with Crippen LogP contribution in [0.2, 0.25) is 5.02 Å². The molecule has 0 spiro atoms. The second-order valence-electron chi connectivity index (χ2n) is 5.27. The Bertz CT molecular complexity index is 945. The van der Waals surface area contributed by atoms with Crippen molar-refractivity contribution in [2.75, 3.05) is 18.3 Å². The average molecular weight is 390 g/mol. The number of rotatable bonds is 6. The molecule has 0 fully saturated rings. The molecule has 9 heteroatoms. The predicted molar refractivity (Wildman–Crippen MR) is 104 cm³/mol. The van der Waals surface area contributed by atoms with Gasteiger partial charge in [-0.25, -0.2) is 0 Å². The van der Waals surface area contributed by atoms with Gasteiger partial charge in [0.2, 0.25) is 11.0 Å². The molecule has 3 rings (SSSR count). The van der Waals surface area contributed by atoms with Gasteiger partial charge in [0, 0.05) is 16.5 Å². The van der Waals surface area contributed by atoms with E-state index < -0.39 is 5.56 Å². The number of anilines is 2. The summed E-state index contributed by atoms with van der Waals surface area (Å²) in [5.41, 5.74) is 1.25. The van der Waals surface area contributed by atoms with Crippen molar-refractivity contribution in [2.24, 2.45) is 0 Å². The normalized spacial score (nSPS) is 10.5. The summed E-state index contributed by atoms with van der Waals surface area (Å²) >= 11 is 7.18. The smallest absolute Gasteiger partial charge is 0.315 e. The van der Waals surface area contributed by atoms with Crippen molar-refractivity contribution in [1.29, 1.82) is 0 Å². The van der Waals surface area contributed by atoms with Gasteiger partial charge in [-0.15, -0.1) is 10.2 Å². The van der Waals surface area contributed by atoms with Crippen LogP contribution in [0.4, 0.5) is 11.5 Å². The van der Waals surface area contributed by atoms with Crippen molar-refractivity contribution in [1.82, 2.24) is 14.9 Å². The highest BCUT2D eigenvalue weighted by atomic mass is 35.5. The van der Waals surface area contributed by atoms with Crippen LogP contribution in [0.25, 0.3) is 0 Å². The first-order chi connectivity index (χ1) is 12.6. The number of nitrogens with one attached hydrogen (secondary N) is 1. The summed E-state index contributed by atoms with van der Waals surface area (Å²) in [5, 5.41) is 11.9. The molecule has 3 aromatic rings. The number of ether oxygens (including phenoxy) is 1. The lowest BCUT2D eigenvalue weighted by Crippen LogP contribution is -2.32. The third-order valence-electron chi connectivity index (χ3n) is 3.50. The minimum Gasteiger partial charge on any atom is -0.497 e. The Morgan fingerprint density at radius 3 is 2.50 bits per heavy atom. The Kier molecular flexibility index (Phi) is 5.65. The molecule has 0 saturated heterocycles. The van der Waals surface area contributed by atoms with E-state index in [1.807, 2.05) is 12.1 Å². The van der Waals surface area contributed by atoms with E-state index in [1.165, 1.54) is 11.8 Å². The van der Waals surface area contributed by atoms with E-state index in [0.29, 0.717) is 27.4 Å². The SMILES string of the molecule is COc1ccc(Nc2nnc(SCc3ccc(Cl)cc3)n(N)c2=O)cc1. The fraction of sp³-hybridized carbons (Fsp3) is 0.118. The van der Waals surface area contributed by atoms with Gasteiger partial charge in [-0.3, -0.25) is 4.79 Å². The molecule has 26 heavy (non-hydrogen) atoms. The Balaban J connectivity index is 1.73. The van der Waals surface area contributed by atoms with E-state index >= 15 is 0 Å². The minimum atomic E-state index is -0.463. The van der Waals surface area contributed by atoms with E-state index in [4.69, 9.17) is 22.2 Å². The lowest BCUT2D eigenvalue weighted by molar-refractivity contribution is 0.415. The highest BCUT2D eigenvalue weighted by Gasteiger charge is 2.11. The van der Waals surface area contributed by atoms with Gasteiger partial charge in [-0.2, -0.15) is 4.68 Å². The second-order valence-corrected chi connectivity index (χ2v) is 6.65. The first-order valence-corrected chi connectivity index (χ1v) is 8.96. The topological polar surface area (TPSA) is 95.1 Å². The monoisotopic (exact) mass is 389 g/mol. The fourth-order valence-corrected chi connectivity index (χ4v) is 3.04. The summed E-state index contributed by atoms with van der Waals surface area (Å²) in [4.78, 5) is 12.4. The molecule has 0 aliphatic carbocycles. The van der Waals surface area contributed by atoms with Crippen molar-refractivity contribution >= 4 is 34.9 Å². The van der Waals surface area contributed by atoms with Crippen LogP contribution in [0.5, 0.6) is 5.75 Å². The number of aromatic nitrogens is 3. The maximum atomic E-state index is 12.4. The zero-order valence-corrected chi connectivity index (χ0v) is 15.4. The number of nitrogens with zero attached hydrogens (tertiary/aromatic N) is 3. The van der Waals surface area contributed by atoms with Gasteiger partial charge in [0.25, 0.3) is 0 Å². The van der Waals surface area contributed by atoms with E-state index in [-0.39, 0.29) is 5.82 Å². The number of hydrogen-bond donors (Lipinski definition) is 2. The number of methoxy groups -OCH3 is 1. The zero-order chi connectivity index (χ0) is 18.5. The summed E-state index contributed by atoms with van der Waals surface area (Å²) in [5.74, 6) is 7.23. The van der Waals surface area contributed by atoms with E-state index in [0.717, 1.165) is 10.2 Å². The number of benzene rings is 2. The standard InChI is InChI=1S/C17H16ClN5O2S/c1-25-14-8-6-13(7-9-14)20-15-16(24)23(19)17(22-21-15)26-10-11-2-4-12(18)5-3-11/h2-9H,10,19H2,1H3,(H,20,21). The second kappa shape index (κ2) is 8.11. The van der Waals surface area contributed by atoms with Crippen molar-refractivity contribution in [3.63, 3.8) is 0 Å². The van der Waals surface area contributed by atoms with E-state index in [1.54, 1.807) is 43.5 Å². The molecule has 0 amide bonds. The van der Waals surface area contributed by atoms with Crippen LogP contribution in [0.3, 0.4) is 0 Å². The predicted octanol–water partition coefficient (Wildman–Crippen LogP) is 3.05. The van der Waals surface area contributed by atoms with Crippen molar-refractivity contribution < 1.29 is 4.74 Å². The van der Waals surface area contributed by atoms with E-state index in [2.05, 4.69) is 15.5 Å². The van der Waals surface area contributed by atoms with Gasteiger partial charge in [-0.05, 0) is 42.0 Å². The van der Waals surface area contributed by atoms with Gasteiger partial charge in [-0.1, -0.05) is 35.5 Å². The summed E-state index contributed by atoms with van der Waals surface area (Å²) in [6, 6.07) is 14.5. The molecular formula is C17H16ClN5O2S. The minimum absolute atomic E-state index is 0.0495. The first kappa shape index (κ1) is 18.1. The van der Waals surface area contributed by atoms with Crippen LogP contribution in [-0.4, -0.2) is 22.0 Å². The molecule has 0 atom stereocenters.